The smallest absolute Gasteiger partial charge is 0.351 e. The maximum absolute atomic E-state index is 5.47. The van der Waals surface area contributed by atoms with Crippen molar-refractivity contribution in [2.24, 2.45) is 5.41 Å². The molecule has 0 spiro atoms. The summed E-state index contributed by atoms with van der Waals surface area (Å²) in [6.45, 7) is 6.85. The molecule has 0 saturated heterocycles. The van der Waals surface area contributed by atoms with Crippen LogP contribution >= 0.6 is 0 Å². The van der Waals surface area contributed by atoms with Crippen molar-refractivity contribution in [2.75, 3.05) is 14.2 Å². The molecule has 3 heteroatoms. The van der Waals surface area contributed by atoms with Gasteiger partial charge in [-0.05, 0) is 29.9 Å². The van der Waals surface area contributed by atoms with Crippen LogP contribution in [0.3, 0.4) is 0 Å². The highest BCUT2D eigenvalue weighted by Crippen LogP contribution is 2.39. The van der Waals surface area contributed by atoms with E-state index < -0.39 is 9.28 Å². The second-order valence-electron chi connectivity index (χ2n) is 4.91. The summed E-state index contributed by atoms with van der Waals surface area (Å²) in [5.74, 6) is 0. The van der Waals surface area contributed by atoms with Gasteiger partial charge in [-0.15, -0.1) is 0 Å². The molecule has 0 N–H and O–H groups in total. The quantitative estimate of drug-likeness (QED) is 0.672. The number of allylic oxidation sites excluding steroid dienone is 2. The standard InChI is InChI=1S/C11H22O2Si/c1-11(2,3)9-7-6-8-10(9)14(12-4)13-5/h14H,6-8H2,1-5H3. The minimum absolute atomic E-state index is 0.286. The molecule has 1 rings (SSSR count). The molecule has 0 aromatic heterocycles. The predicted molar refractivity (Wildman–Crippen MR) is 61.5 cm³/mol. The van der Waals surface area contributed by atoms with Crippen LogP contribution in [0.4, 0.5) is 0 Å². The highest BCUT2D eigenvalue weighted by Gasteiger charge is 2.30. The van der Waals surface area contributed by atoms with E-state index in [1.807, 2.05) is 0 Å². The number of hydrogen-bond donors (Lipinski definition) is 0. The summed E-state index contributed by atoms with van der Waals surface area (Å²) >= 11 is 0. The van der Waals surface area contributed by atoms with E-state index in [1.54, 1.807) is 19.8 Å². The molecule has 0 amide bonds. The average Bonchev–Trinajstić information content (AvgIpc) is 2.54. The third-order valence-electron chi connectivity index (χ3n) is 2.88. The Bertz CT molecular complexity index is 224. The van der Waals surface area contributed by atoms with Crippen molar-refractivity contribution in [3.05, 3.63) is 10.8 Å². The molecular weight excluding hydrogens is 192 g/mol. The third kappa shape index (κ3) is 2.46. The van der Waals surface area contributed by atoms with Crippen LogP contribution in [0.1, 0.15) is 40.0 Å². The molecule has 0 aliphatic heterocycles. The summed E-state index contributed by atoms with van der Waals surface area (Å²) in [6, 6.07) is 0. The molecule has 0 unspecified atom stereocenters. The molecule has 0 aromatic carbocycles. The molecule has 2 nitrogen and oxygen atoms in total. The Morgan fingerprint density at radius 3 is 2.07 bits per heavy atom. The largest absolute Gasteiger partial charge is 0.397 e. The lowest BCUT2D eigenvalue weighted by molar-refractivity contribution is 0.285. The number of rotatable bonds is 3. The first-order valence-corrected chi connectivity index (χ1v) is 6.80. The topological polar surface area (TPSA) is 18.5 Å². The fraction of sp³-hybridized carbons (Fsp3) is 0.818. The van der Waals surface area contributed by atoms with Gasteiger partial charge in [-0.2, -0.15) is 0 Å². The van der Waals surface area contributed by atoms with Gasteiger partial charge >= 0.3 is 9.28 Å². The number of hydrogen-bond acceptors (Lipinski definition) is 2. The highest BCUT2D eigenvalue weighted by atomic mass is 28.3. The van der Waals surface area contributed by atoms with Gasteiger partial charge in [0, 0.05) is 14.2 Å². The zero-order chi connectivity index (χ0) is 10.8. The van der Waals surface area contributed by atoms with Crippen molar-refractivity contribution < 1.29 is 8.85 Å². The Labute approximate surface area is 89.1 Å². The summed E-state index contributed by atoms with van der Waals surface area (Å²) in [6.07, 6.45) is 3.69. The first kappa shape index (κ1) is 11.9. The van der Waals surface area contributed by atoms with Gasteiger partial charge < -0.3 is 8.85 Å². The maximum Gasteiger partial charge on any atom is 0.351 e. The first-order valence-electron chi connectivity index (χ1n) is 5.28. The molecule has 0 bridgehead atoms. The van der Waals surface area contributed by atoms with Crippen molar-refractivity contribution >= 4 is 9.28 Å². The zero-order valence-corrected chi connectivity index (χ0v) is 11.2. The fourth-order valence-electron chi connectivity index (χ4n) is 2.26. The van der Waals surface area contributed by atoms with Crippen LogP contribution in [-0.4, -0.2) is 23.5 Å². The van der Waals surface area contributed by atoms with Crippen LogP contribution in [0.5, 0.6) is 0 Å². The van der Waals surface area contributed by atoms with Gasteiger partial charge in [0.05, 0.1) is 0 Å². The van der Waals surface area contributed by atoms with E-state index in [0.29, 0.717) is 0 Å². The SMILES string of the molecule is CO[SiH](OC)C1=C(C(C)(C)C)CCC1. The van der Waals surface area contributed by atoms with E-state index >= 15 is 0 Å². The van der Waals surface area contributed by atoms with Crippen LogP contribution in [0.2, 0.25) is 0 Å². The van der Waals surface area contributed by atoms with Crippen molar-refractivity contribution in [2.45, 2.75) is 40.0 Å². The Morgan fingerprint density at radius 2 is 1.64 bits per heavy atom. The zero-order valence-electron chi connectivity index (χ0n) is 10.0. The molecule has 0 atom stereocenters. The third-order valence-corrected chi connectivity index (χ3v) is 4.94. The molecular formula is C11H22O2Si. The lowest BCUT2D eigenvalue weighted by Gasteiger charge is -2.24. The van der Waals surface area contributed by atoms with E-state index in [0.717, 1.165) is 0 Å². The van der Waals surface area contributed by atoms with Crippen LogP contribution in [0.15, 0.2) is 10.8 Å². The summed E-state index contributed by atoms with van der Waals surface area (Å²) in [5.41, 5.74) is 1.87. The summed E-state index contributed by atoms with van der Waals surface area (Å²) in [5, 5.41) is 1.50. The van der Waals surface area contributed by atoms with Crippen molar-refractivity contribution in [3.8, 4) is 0 Å². The fourth-order valence-corrected chi connectivity index (χ4v) is 4.33. The van der Waals surface area contributed by atoms with E-state index in [-0.39, 0.29) is 5.41 Å². The van der Waals surface area contributed by atoms with Gasteiger partial charge in [-0.1, -0.05) is 26.3 Å². The predicted octanol–water partition coefficient (Wildman–Crippen LogP) is 2.57. The van der Waals surface area contributed by atoms with Gasteiger partial charge in [-0.25, -0.2) is 0 Å². The van der Waals surface area contributed by atoms with Gasteiger partial charge in [-0.3, -0.25) is 0 Å². The van der Waals surface area contributed by atoms with Crippen LogP contribution in [0, 0.1) is 5.41 Å². The lowest BCUT2D eigenvalue weighted by Crippen LogP contribution is -2.25. The van der Waals surface area contributed by atoms with E-state index in [4.69, 9.17) is 8.85 Å². The van der Waals surface area contributed by atoms with Crippen molar-refractivity contribution in [1.82, 2.24) is 0 Å². The van der Waals surface area contributed by atoms with E-state index in [9.17, 15) is 0 Å². The molecule has 14 heavy (non-hydrogen) atoms. The molecule has 1 aliphatic carbocycles. The normalized spacial score (nSPS) is 18.4. The van der Waals surface area contributed by atoms with Crippen LogP contribution in [0.25, 0.3) is 0 Å². The lowest BCUT2D eigenvalue weighted by atomic mass is 9.86. The van der Waals surface area contributed by atoms with Crippen molar-refractivity contribution in [1.29, 1.82) is 0 Å². The van der Waals surface area contributed by atoms with Gasteiger partial charge in [0.15, 0.2) is 0 Å². The monoisotopic (exact) mass is 214 g/mol. The highest BCUT2D eigenvalue weighted by molar-refractivity contribution is 6.53. The summed E-state index contributed by atoms with van der Waals surface area (Å²) < 4.78 is 10.9. The first-order chi connectivity index (χ1) is 6.50. The minimum Gasteiger partial charge on any atom is -0.397 e. The molecule has 82 valence electrons. The van der Waals surface area contributed by atoms with Crippen molar-refractivity contribution in [3.63, 3.8) is 0 Å². The van der Waals surface area contributed by atoms with Crippen LogP contribution in [-0.2, 0) is 8.85 Å². The van der Waals surface area contributed by atoms with Gasteiger partial charge in [0.1, 0.15) is 0 Å². The maximum atomic E-state index is 5.47. The Kier molecular flexibility index (Phi) is 3.92. The Morgan fingerprint density at radius 1 is 1.07 bits per heavy atom. The second kappa shape index (κ2) is 4.60. The van der Waals surface area contributed by atoms with Gasteiger partial charge in [0.2, 0.25) is 0 Å². The Balaban J connectivity index is 2.92. The molecule has 0 radical (unpaired) electrons. The van der Waals surface area contributed by atoms with Crippen LogP contribution < -0.4 is 0 Å². The molecule has 1 aliphatic rings. The molecule has 0 fully saturated rings. The molecule has 0 aromatic rings. The van der Waals surface area contributed by atoms with E-state index in [2.05, 4.69) is 20.8 Å². The summed E-state index contributed by atoms with van der Waals surface area (Å²) in [7, 11) is 2.02. The second-order valence-corrected chi connectivity index (χ2v) is 7.21. The molecule has 0 heterocycles. The average molecular weight is 214 g/mol. The Hall–Kier alpha value is -0.123. The van der Waals surface area contributed by atoms with E-state index in [1.165, 1.54) is 24.5 Å². The molecule has 0 saturated carbocycles. The minimum atomic E-state index is -1.52. The summed E-state index contributed by atoms with van der Waals surface area (Å²) in [4.78, 5) is 0. The van der Waals surface area contributed by atoms with Gasteiger partial charge in [0.25, 0.3) is 0 Å².